The van der Waals surface area contributed by atoms with Crippen molar-refractivity contribution >= 4 is 23.1 Å². The summed E-state index contributed by atoms with van der Waals surface area (Å²) in [4.78, 5) is 33.0. The van der Waals surface area contributed by atoms with Crippen LogP contribution in [-0.4, -0.2) is 28.3 Å². The van der Waals surface area contributed by atoms with Crippen LogP contribution in [-0.2, 0) is 28.8 Å². The van der Waals surface area contributed by atoms with Gasteiger partial charge in [-0.3, -0.25) is 14.6 Å². The average molecular weight is 378 g/mol. The molecule has 0 saturated heterocycles. The first kappa shape index (κ1) is 17.5. The van der Waals surface area contributed by atoms with Gasteiger partial charge in [0.15, 0.2) is 12.4 Å². The molecule has 6 heteroatoms. The molecule has 0 fully saturated rings. The third-order valence-electron chi connectivity index (χ3n) is 4.55. The normalized spacial score (nSPS) is 12.6. The summed E-state index contributed by atoms with van der Waals surface area (Å²) < 4.78 is 5.16. The number of thiazole rings is 1. The van der Waals surface area contributed by atoms with Crippen molar-refractivity contribution in [2.75, 3.05) is 6.61 Å². The van der Waals surface area contributed by atoms with Crippen LogP contribution >= 0.6 is 11.3 Å². The Kier molecular flexibility index (Phi) is 5.07. The van der Waals surface area contributed by atoms with Crippen LogP contribution in [0.1, 0.15) is 33.6 Å². The van der Waals surface area contributed by atoms with Crippen LogP contribution in [0.25, 0.3) is 10.7 Å². The van der Waals surface area contributed by atoms with Gasteiger partial charge < -0.3 is 4.74 Å². The van der Waals surface area contributed by atoms with Gasteiger partial charge in [-0.05, 0) is 48.6 Å². The number of aryl methyl sites for hydroxylation is 2. The number of pyridine rings is 1. The Labute approximate surface area is 161 Å². The molecule has 0 saturated carbocycles. The van der Waals surface area contributed by atoms with E-state index in [1.807, 2.05) is 41.8 Å². The summed E-state index contributed by atoms with van der Waals surface area (Å²) in [6, 6.07) is 11.4. The van der Waals surface area contributed by atoms with E-state index in [0.29, 0.717) is 11.3 Å². The first-order chi connectivity index (χ1) is 13.2. The second kappa shape index (κ2) is 7.80. The maximum Gasteiger partial charge on any atom is 0.312 e. The Morgan fingerprint density at radius 2 is 2.00 bits per heavy atom. The number of ether oxygens (including phenoxy) is 1. The molecule has 4 rings (SSSR count). The summed E-state index contributed by atoms with van der Waals surface area (Å²) in [5, 5.41) is 2.57. The highest BCUT2D eigenvalue weighted by Gasteiger charge is 2.16. The summed E-state index contributed by atoms with van der Waals surface area (Å²) in [7, 11) is 0. The summed E-state index contributed by atoms with van der Waals surface area (Å²) >= 11 is 1.43. The van der Waals surface area contributed by atoms with Gasteiger partial charge in [0, 0.05) is 17.1 Å². The van der Waals surface area contributed by atoms with Gasteiger partial charge in [-0.15, -0.1) is 11.3 Å². The molecule has 1 aromatic carbocycles. The van der Waals surface area contributed by atoms with Crippen LogP contribution in [0.3, 0.4) is 0 Å². The standard InChI is InChI=1S/C21H18N2O3S/c24-19(16-8-7-14-4-3-5-15(14)10-16)12-26-20(25)11-17-13-27-21(23-17)18-6-1-2-9-22-18/h1-2,6-10,13H,3-5,11-12H2. The van der Waals surface area contributed by atoms with E-state index in [1.165, 1.54) is 22.5 Å². The predicted molar refractivity (Wildman–Crippen MR) is 103 cm³/mol. The van der Waals surface area contributed by atoms with Crippen LogP contribution < -0.4 is 0 Å². The van der Waals surface area contributed by atoms with E-state index in [1.54, 1.807) is 6.20 Å². The minimum atomic E-state index is -0.456. The van der Waals surface area contributed by atoms with Crippen molar-refractivity contribution in [3.8, 4) is 10.7 Å². The molecule has 136 valence electrons. The molecule has 2 heterocycles. The Hall–Kier alpha value is -2.86. The van der Waals surface area contributed by atoms with Crippen molar-refractivity contribution in [3.63, 3.8) is 0 Å². The molecule has 2 aromatic heterocycles. The van der Waals surface area contributed by atoms with E-state index in [2.05, 4.69) is 9.97 Å². The van der Waals surface area contributed by atoms with Crippen LogP contribution in [0.2, 0.25) is 0 Å². The second-order valence-electron chi connectivity index (χ2n) is 6.46. The molecule has 1 aliphatic carbocycles. The van der Waals surface area contributed by atoms with Crippen molar-refractivity contribution in [1.29, 1.82) is 0 Å². The molecule has 1 aliphatic rings. The number of ketones is 1. The van der Waals surface area contributed by atoms with Crippen LogP contribution in [0.5, 0.6) is 0 Å². The third-order valence-corrected chi connectivity index (χ3v) is 5.46. The lowest BCUT2D eigenvalue weighted by molar-refractivity contribution is -0.141. The Morgan fingerprint density at radius 3 is 2.85 bits per heavy atom. The highest BCUT2D eigenvalue weighted by molar-refractivity contribution is 7.13. The zero-order chi connectivity index (χ0) is 18.6. The fourth-order valence-corrected chi connectivity index (χ4v) is 3.96. The van der Waals surface area contributed by atoms with Gasteiger partial charge in [0.25, 0.3) is 0 Å². The van der Waals surface area contributed by atoms with Crippen LogP contribution in [0.15, 0.2) is 48.0 Å². The van der Waals surface area contributed by atoms with Crippen molar-refractivity contribution in [3.05, 3.63) is 70.4 Å². The summed E-state index contributed by atoms with van der Waals surface area (Å²) in [5.74, 6) is -0.632. The largest absolute Gasteiger partial charge is 0.457 e. The first-order valence-corrected chi connectivity index (χ1v) is 9.73. The van der Waals surface area contributed by atoms with Crippen LogP contribution in [0.4, 0.5) is 0 Å². The van der Waals surface area contributed by atoms with E-state index < -0.39 is 5.97 Å². The molecule has 5 nitrogen and oxygen atoms in total. The van der Waals surface area contributed by atoms with Gasteiger partial charge in [-0.2, -0.15) is 0 Å². The van der Waals surface area contributed by atoms with E-state index >= 15 is 0 Å². The zero-order valence-corrected chi connectivity index (χ0v) is 15.5. The molecule has 0 aliphatic heterocycles. The zero-order valence-electron chi connectivity index (χ0n) is 14.7. The average Bonchev–Trinajstić information content (AvgIpc) is 3.35. The topological polar surface area (TPSA) is 69.2 Å². The second-order valence-corrected chi connectivity index (χ2v) is 7.31. The SMILES string of the molecule is O=C(Cc1csc(-c2ccccn2)n1)OCC(=O)c1ccc2c(c1)CCC2. The number of rotatable bonds is 6. The fourth-order valence-electron chi connectivity index (χ4n) is 3.17. The first-order valence-electron chi connectivity index (χ1n) is 8.85. The number of hydrogen-bond donors (Lipinski definition) is 0. The number of benzene rings is 1. The molecule has 0 amide bonds. The molecule has 27 heavy (non-hydrogen) atoms. The Balaban J connectivity index is 1.32. The smallest absolute Gasteiger partial charge is 0.312 e. The molecule has 0 atom stereocenters. The quantitative estimate of drug-likeness (QED) is 0.484. The molecule has 0 unspecified atom stereocenters. The van der Waals surface area contributed by atoms with Gasteiger partial charge in [0.05, 0.1) is 17.8 Å². The fraction of sp³-hybridized carbons (Fsp3) is 0.238. The Morgan fingerprint density at radius 1 is 1.11 bits per heavy atom. The highest BCUT2D eigenvalue weighted by Crippen LogP contribution is 2.23. The van der Waals surface area contributed by atoms with Gasteiger partial charge >= 0.3 is 5.97 Å². The van der Waals surface area contributed by atoms with Crippen molar-refractivity contribution in [2.24, 2.45) is 0 Å². The lowest BCUT2D eigenvalue weighted by Gasteiger charge is -2.05. The van der Waals surface area contributed by atoms with Gasteiger partial charge in [0.1, 0.15) is 5.01 Å². The lowest BCUT2D eigenvalue weighted by atomic mass is 10.0. The van der Waals surface area contributed by atoms with Crippen LogP contribution in [0, 0.1) is 0 Å². The molecule has 0 spiro atoms. The summed E-state index contributed by atoms with van der Waals surface area (Å²) in [6.07, 6.45) is 4.97. The third kappa shape index (κ3) is 4.11. The number of nitrogens with zero attached hydrogens (tertiary/aromatic N) is 2. The van der Waals surface area contributed by atoms with E-state index in [-0.39, 0.29) is 18.8 Å². The number of hydrogen-bond acceptors (Lipinski definition) is 6. The van der Waals surface area contributed by atoms with Crippen molar-refractivity contribution in [1.82, 2.24) is 9.97 Å². The minimum absolute atomic E-state index is 0.0425. The highest BCUT2D eigenvalue weighted by atomic mass is 32.1. The van der Waals surface area contributed by atoms with E-state index in [0.717, 1.165) is 30.0 Å². The number of carbonyl (C=O) groups excluding carboxylic acids is 2. The maximum atomic E-state index is 12.3. The molecular weight excluding hydrogens is 360 g/mol. The number of fused-ring (bicyclic) bond motifs is 1. The van der Waals surface area contributed by atoms with Gasteiger partial charge in [0.2, 0.25) is 0 Å². The monoisotopic (exact) mass is 378 g/mol. The number of esters is 1. The van der Waals surface area contributed by atoms with Crippen molar-refractivity contribution in [2.45, 2.75) is 25.7 Å². The molecular formula is C21H18N2O3S. The van der Waals surface area contributed by atoms with Gasteiger partial charge in [-0.1, -0.05) is 18.2 Å². The van der Waals surface area contributed by atoms with Gasteiger partial charge in [-0.25, -0.2) is 4.98 Å². The maximum absolute atomic E-state index is 12.3. The lowest BCUT2D eigenvalue weighted by Crippen LogP contribution is -2.16. The number of Topliss-reactive ketones (excluding diaryl/α,β-unsaturated/α-hetero) is 1. The Bertz CT molecular complexity index is 982. The molecule has 3 aromatic rings. The minimum Gasteiger partial charge on any atom is -0.457 e. The van der Waals surface area contributed by atoms with Crippen molar-refractivity contribution < 1.29 is 14.3 Å². The molecule has 0 bridgehead atoms. The molecule has 0 radical (unpaired) electrons. The number of carbonyl (C=O) groups is 2. The summed E-state index contributed by atoms with van der Waals surface area (Å²) in [6.45, 7) is -0.241. The van der Waals surface area contributed by atoms with E-state index in [4.69, 9.17) is 4.74 Å². The summed E-state index contributed by atoms with van der Waals surface area (Å²) in [5.41, 5.74) is 4.55. The molecule has 0 N–H and O–H groups in total. The number of aromatic nitrogens is 2. The van der Waals surface area contributed by atoms with E-state index in [9.17, 15) is 9.59 Å². The predicted octanol–water partition coefficient (Wildman–Crippen LogP) is 3.66.